The lowest BCUT2D eigenvalue weighted by atomic mass is 9.95. The van der Waals surface area contributed by atoms with Gasteiger partial charge in [-0.15, -0.1) is 0 Å². The lowest BCUT2D eigenvalue weighted by Crippen LogP contribution is -2.40. The van der Waals surface area contributed by atoms with Crippen molar-refractivity contribution in [3.63, 3.8) is 0 Å². The van der Waals surface area contributed by atoms with Gasteiger partial charge in [-0.25, -0.2) is 9.79 Å². The fourth-order valence-corrected chi connectivity index (χ4v) is 6.30. The van der Waals surface area contributed by atoms with Crippen LogP contribution in [0.15, 0.2) is 86.2 Å². The molecule has 0 spiro atoms. The van der Waals surface area contributed by atoms with Crippen LogP contribution in [-0.2, 0) is 15.7 Å². The minimum Gasteiger partial charge on any atom is -0.496 e. The van der Waals surface area contributed by atoms with Crippen molar-refractivity contribution in [2.45, 2.75) is 26.1 Å². The molecule has 0 radical (unpaired) electrons. The summed E-state index contributed by atoms with van der Waals surface area (Å²) in [6.07, 6.45) is -3.32. The van der Waals surface area contributed by atoms with E-state index < -0.39 is 45.7 Å². The normalized spacial score (nSPS) is 14.8. The number of para-hydroxylation sites is 1. The number of thiazole rings is 1. The van der Waals surface area contributed by atoms with Gasteiger partial charge in [-0.05, 0) is 56.3 Å². The molecular formula is C31H23BrF3N3O7S. The second-order valence-electron chi connectivity index (χ2n) is 9.77. The van der Waals surface area contributed by atoms with Gasteiger partial charge in [0.05, 0.1) is 40.0 Å². The van der Waals surface area contributed by atoms with Crippen molar-refractivity contribution in [1.29, 1.82) is 0 Å². The average molecular weight is 719 g/mol. The smallest absolute Gasteiger partial charge is 0.416 e. The van der Waals surface area contributed by atoms with Crippen LogP contribution >= 0.6 is 27.3 Å². The summed E-state index contributed by atoms with van der Waals surface area (Å²) in [6, 6.07) is 12.5. The number of fused-ring (bicyclic) bond motifs is 1. The van der Waals surface area contributed by atoms with Crippen molar-refractivity contribution in [1.82, 2.24) is 4.57 Å². The summed E-state index contributed by atoms with van der Waals surface area (Å²) in [5.41, 5.74) is -1.29. The number of carbonyl (C=O) groups excluding carboxylic acids is 1. The Hall–Kier alpha value is -4.76. The number of nitrogens with zero attached hydrogens (tertiary/aromatic N) is 3. The maximum atomic E-state index is 14.1. The number of rotatable bonds is 8. The van der Waals surface area contributed by atoms with Crippen LogP contribution < -0.4 is 24.4 Å². The molecule has 0 amide bonds. The van der Waals surface area contributed by atoms with Crippen LogP contribution in [0.5, 0.6) is 17.2 Å². The van der Waals surface area contributed by atoms with Gasteiger partial charge in [-0.1, -0.05) is 45.5 Å². The number of nitro benzene ring substituents is 1. The molecule has 0 saturated carbocycles. The summed E-state index contributed by atoms with van der Waals surface area (Å²) in [5.74, 6) is -0.613. The molecule has 1 aliphatic heterocycles. The zero-order chi connectivity index (χ0) is 33.3. The highest BCUT2D eigenvalue weighted by molar-refractivity contribution is 9.10. The monoisotopic (exact) mass is 717 g/mol. The number of hydrogen-bond donors (Lipinski definition) is 0. The number of benzene rings is 3. The zero-order valence-corrected chi connectivity index (χ0v) is 26.7. The molecule has 5 rings (SSSR count). The second kappa shape index (κ2) is 12.9. The van der Waals surface area contributed by atoms with E-state index in [4.69, 9.17) is 14.2 Å². The predicted octanol–water partition coefficient (Wildman–Crippen LogP) is 6.29. The Balaban J connectivity index is 1.68. The van der Waals surface area contributed by atoms with Crippen LogP contribution in [0.25, 0.3) is 6.08 Å². The first-order chi connectivity index (χ1) is 21.8. The van der Waals surface area contributed by atoms with Crippen LogP contribution in [0.3, 0.4) is 0 Å². The third-order valence-corrected chi connectivity index (χ3v) is 8.39. The van der Waals surface area contributed by atoms with Crippen LogP contribution in [0.4, 0.5) is 18.9 Å². The van der Waals surface area contributed by atoms with Crippen molar-refractivity contribution in [3.8, 4) is 17.2 Å². The molecule has 2 heterocycles. The van der Waals surface area contributed by atoms with Gasteiger partial charge in [0.2, 0.25) is 5.75 Å². The highest BCUT2D eigenvalue weighted by Crippen LogP contribution is 2.39. The van der Waals surface area contributed by atoms with Crippen molar-refractivity contribution in [2.75, 3.05) is 13.7 Å². The first kappa shape index (κ1) is 32.6. The molecule has 10 nitrogen and oxygen atoms in total. The maximum Gasteiger partial charge on any atom is 0.416 e. The minimum atomic E-state index is -4.80. The Morgan fingerprint density at radius 1 is 1.13 bits per heavy atom. The van der Waals surface area contributed by atoms with Crippen LogP contribution in [0.1, 0.15) is 36.6 Å². The Morgan fingerprint density at radius 2 is 1.85 bits per heavy atom. The van der Waals surface area contributed by atoms with E-state index in [2.05, 4.69) is 20.9 Å². The molecule has 1 atom stereocenters. The second-order valence-corrected chi connectivity index (χ2v) is 11.7. The van der Waals surface area contributed by atoms with E-state index in [1.165, 1.54) is 23.8 Å². The Labute approximate surface area is 271 Å². The van der Waals surface area contributed by atoms with E-state index in [9.17, 15) is 32.9 Å². The number of carbonyl (C=O) groups is 1. The van der Waals surface area contributed by atoms with E-state index in [1.807, 2.05) is 0 Å². The lowest BCUT2D eigenvalue weighted by Gasteiger charge is -2.25. The van der Waals surface area contributed by atoms with E-state index in [1.54, 1.807) is 50.2 Å². The van der Waals surface area contributed by atoms with Gasteiger partial charge in [0.25, 0.3) is 5.56 Å². The molecule has 0 saturated heterocycles. The molecule has 238 valence electrons. The summed E-state index contributed by atoms with van der Waals surface area (Å²) < 4.78 is 58.5. The fraction of sp³-hybridized carbons (Fsp3) is 0.194. The molecule has 0 fully saturated rings. The Bertz CT molecular complexity index is 2090. The topological polar surface area (TPSA) is 122 Å². The molecular weight excluding hydrogens is 695 g/mol. The molecule has 46 heavy (non-hydrogen) atoms. The van der Waals surface area contributed by atoms with Crippen LogP contribution in [-0.4, -0.2) is 29.2 Å². The first-order valence-electron chi connectivity index (χ1n) is 13.5. The van der Waals surface area contributed by atoms with Crippen molar-refractivity contribution in [3.05, 3.63) is 123 Å². The maximum absolute atomic E-state index is 14.1. The van der Waals surface area contributed by atoms with Crippen molar-refractivity contribution in [2.24, 2.45) is 4.99 Å². The molecule has 0 aliphatic carbocycles. The number of allylic oxidation sites excluding steroid dienone is 1. The van der Waals surface area contributed by atoms with Gasteiger partial charge >= 0.3 is 17.8 Å². The Morgan fingerprint density at radius 3 is 2.52 bits per heavy atom. The molecule has 0 N–H and O–H groups in total. The highest BCUT2D eigenvalue weighted by atomic mass is 79.9. The molecule has 1 aromatic heterocycles. The predicted molar refractivity (Wildman–Crippen MR) is 166 cm³/mol. The number of halogens is 4. The van der Waals surface area contributed by atoms with Crippen molar-refractivity contribution < 1.29 is 37.1 Å². The van der Waals surface area contributed by atoms with Gasteiger partial charge in [0, 0.05) is 21.7 Å². The molecule has 15 heteroatoms. The van der Waals surface area contributed by atoms with Crippen LogP contribution in [0.2, 0.25) is 0 Å². The van der Waals surface area contributed by atoms with E-state index in [0.717, 1.165) is 17.4 Å². The molecule has 0 bridgehead atoms. The van der Waals surface area contributed by atoms with Gasteiger partial charge in [-0.3, -0.25) is 19.5 Å². The van der Waals surface area contributed by atoms with Gasteiger partial charge in [0.15, 0.2) is 4.80 Å². The molecule has 1 aliphatic rings. The summed E-state index contributed by atoms with van der Waals surface area (Å²) >= 11 is 4.39. The zero-order valence-electron chi connectivity index (χ0n) is 24.3. The number of hydrogen-bond acceptors (Lipinski definition) is 9. The van der Waals surface area contributed by atoms with E-state index in [0.29, 0.717) is 33.6 Å². The number of alkyl halides is 3. The standard InChI is InChI=1S/C31H23BrF3N3O7S/c1-4-44-29(40)26-16(2)36-30-37(27(26)20-7-5-6-8-23(20)43-3)28(39)25(46-30)14-17-13-19(32)10-12-22(17)45-24-11-9-18(31(33,34)35)15-21(24)38(41)42/h5-15,27H,4H2,1-3H3/t27-/m1/s1. The highest BCUT2D eigenvalue weighted by Gasteiger charge is 2.36. The minimum absolute atomic E-state index is 0.0292. The average Bonchev–Trinajstić information content (AvgIpc) is 3.31. The van der Waals surface area contributed by atoms with Crippen LogP contribution in [0, 0.1) is 10.1 Å². The molecule has 3 aromatic carbocycles. The molecule has 0 unspecified atom stereocenters. The summed E-state index contributed by atoms with van der Waals surface area (Å²) in [7, 11) is 1.47. The number of esters is 1. The first-order valence-corrected chi connectivity index (χ1v) is 15.1. The summed E-state index contributed by atoms with van der Waals surface area (Å²) in [4.78, 5) is 42.8. The number of nitro groups is 1. The summed E-state index contributed by atoms with van der Waals surface area (Å²) in [5, 5.41) is 11.7. The van der Waals surface area contributed by atoms with Gasteiger partial charge in [0.1, 0.15) is 17.5 Å². The third kappa shape index (κ3) is 6.33. The van der Waals surface area contributed by atoms with Gasteiger partial charge in [-0.2, -0.15) is 13.2 Å². The van der Waals surface area contributed by atoms with Gasteiger partial charge < -0.3 is 14.2 Å². The fourth-order valence-electron chi connectivity index (χ4n) is 4.89. The Kier molecular flexibility index (Phi) is 9.17. The number of methoxy groups -OCH3 is 1. The van der Waals surface area contributed by atoms with E-state index >= 15 is 0 Å². The number of aromatic nitrogens is 1. The van der Waals surface area contributed by atoms with E-state index in [-0.39, 0.29) is 32.8 Å². The summed E-state index contributed by atoms with van der Waals surface area (Å²) in [6.45, 7) is 3.41. The number of ether oxygens (including phenoxy) is 3. The largest absolute Gasteiger partial charge is 0.496 e. The molecule has 4 aromatic rings. The van der Waals surface area contributed by atoms with Crippen molar-refractivity contribution >= 4 is 45.0 Å². The lowest BCUT2D eigenvalue weighted by molar-refractivity contribution is -0.385. The SMILES string of the molecule is CCOC(=O)C1=C(C)N=c2sc(=Cc3cc(Br)ccc3Oc3ccc(C(F)(F)F)cc3[N+](=O)[O-])c(=O)n2[C@@H]1c1ccccc1OC. The quantitative estimate of drug-likeness (QED) is 0.119. The third-order valence-electron chi connectivity index (χ3n) is 6.91.